The van der Waals surface area contributed by atoms with Crippen molar-refractivity contribution in [2.24, 2.45) is 17.8 Å². The largest absolute Gasteiger partial charge is 0.297 e. The lowest BCUT2D eigenvalue weighted by atomic mass is 9.75. The van der Waals surface area contributed by atoms with Crippen LogP contribution in [0, 0.1) is 17.8 Å². The van der Waals surface area contributed by atoms with Crippen LogP contribution in [-0.2, 0) is 14.4 Å². The average molecular weight is 668 g/mol. The molecule has 0 aliphatic rings. The molecule has 0 rings (SSSR count). The van der Waals surface area contributed by atoms with Crippen LogP contribution in [0.5, 0.6) is 0 Å². The molecule has 2 atom stereocenters. The van der Waals surface area contributed by atoms with E-state index in [9.17, 15) is 14.4 Å². The number of Topliss-reactive ketones (excluding diaryl/α,β-unsaturated/α-hetero) is 3. The van der Waals surface area contributed by atoms with E-state index in [1.54, 1.807) is 0 Å². The maximum atomic E-state index is 14.1. The molecular formula is C41H85N3O3. The van der Waals surface area contributed by atoms with Gasteiger partial charge >= 0.3 is 0 Å². The molecule has 0 aromatic heterocycles. The van der Waals surface area contributed by atoms with Crippen molar-refractivity contribution in [3.05, 3.63) is 0 Å². The normalized spacial score (nSPS) is 16.0. The van der Waals surface area contributed by atoms with Gasteiger partial charge in [0.1, 0.15) is 0 Å². The number of likely N-dealkylation sites (N-methyl/N-ethyl adjacent to an activating group) is 3. The first-order valence-corrected chi connectivity index (χ1v) is 19.4. The van der Waals surface area contributed by atoms with Crippen LogP contribution in [0.15, 0.2) is 0 Å². The summed E-state index contributed by atoms with van der Waals surface area (Å²) >= 11 is 0. The molecule has 0 aliphatic heterocycles. The quantitative estimate of drug-likeness (QED) is 0.107. The smallest absolute Gasteiger partial charge is 0.155 e. The zero-order valence-corrected chi connectivity index (χ0v) is 35.7. The summed E-state index contributed by atoms with van der Waals surface area (Å²) in [5, 5.41) is 0. The summed E-state index contributed by atoms with van der Waals surface area (Å²) in [5.74, 6) is 0.770. The minimum Gasteiger partial charge on any atom is -0.297 e. The number of ketones is 3. The maximum absolute atomic E-state index is 14.1. The highest BCUT2D eigenvalue weighted by Gasteiger charge is 2.45. The highest BCUT2D eigenvalue weighted by atomic mass is 16.1. The predicted octanol–water partition coefficient (Wildman–Crippen LogP) is 10.1. The molecule has 0 N–H and O–H groups in total. The summed E-state index contributed by atoms with van der Waals surface area (Å²) in [5.41, 5.74) is -1.60. The van der Waals surface area contributed by atoms with Gasteiger partial charge in [0.2, 0.25) is 0 Å². The second-order valence-corrected chi connectivity index (χ2v) is 15.7. The van der Waals surface area contributed by atoms with Gasteiger partial charge in [-0.1, -0.05) is 94.9 Å². The van der Waals surface area contributed by atoms with Crippen molar-refractivity contribution in [2.45, 2.75) is 211 Å². The van der Waals surface area contributed by atoms with Crippen molar-refractivity contribution in [3.63, 3.8) is 0 Å². The number of hydrogen-bond donors (Lipinski definition) is 0. The fourth-order valence-electron chi connectivity index (χ4n) is 7.03. The Morgan fingerprint density at radius 1 is 0.426 bits per heavy atom. The van der Waals surface area contributed by atoms with Gasteiger partial charge in [-0.05, 0) is 102 Å². The summed E-state index contributed by atoms with van der Waals surface area (Å²) in [6.45, 7) is 37.2. The Labute approximate surface area is 295 Å². The van der Waals surface area contributed by atoms with Crippen LogP contribution in [0.25, 0.3) is 0 Å². The molecule has 0 saturated carbocycles. The van der Waals surface area contributed by atoms with Crippen molar-refractivity contribution in [1.82, 2.24) is 14.7 Å². The Morgan fingerprint density at radius 2 is 0.660 bits per heavy atom. The molecular weight excluding hydrogens is 582 g/mol. The molecule has 0 amide bonds. The Hall–Kier alpha value is -1.11. The maximum Gasteiger partial charge on any atom is 0.155 e. The summed E-state index contributed by atoms with van der Waals surface area (Å²) in [7, 11) is 6.25. The number of hydrogen-bond acceptors (Lipinski definition) is 6. The predicted molar refractivity (Wildman–Crippen MR) is 207 cm³/mol. The van der Waals surface area contributed by atoms with E-state index in [0.29, 0.717) is 5.78 Å². The van der Waals surface area contributed by atoms with Crippen LogP contribution < -0.4 is 0 Å². The lowest BCUT2D eigenvalue weighted by Crippen LogP contribution is -2.57. The lowest BCUT2D eigenvalue weighted by molar-refractivity contribution is -0.137. The second kappa shape index (κ2) is 23.3. The third-order valence-corrected chi connectivity index (χ3v) is 10.7. The van der Waals surface area contributed by atoms with Crippen molar-refractivity contribution < 1.29 is 14.4 Å². The fourth-order valence-corrected chi connectivity index (χ4v) is 7.03. The minimum absolute atomic E-state index is 0.0251. The molecule has 6 heteroatoms. The van der Waals surface area contributed by atoms with Crippen LogP contribution in [0.1, 0.15) is 176 Å². The molecule has 0 fully saturated rings. The van der Waals surface area contributed by atoms with E-state index in [4.69, 9.17) is 0 Å². The van der Waals surface area contributed by atoms with Gasteiger partial charge in [-0.3, -0.25) is 29.1 Å². The topological polar surface area (TPSA) is 60.9 Å². The highest BCUT2D eigenvalue weighted by molar-refractivity contribution is 5.91. The van der Waals surface area contributed by atoms with Crippen molar-refractivity contribution in [3.8, 4) is 0 Å². The van der Waals surface area contributed by atoms with Crippen LogP contribution in [0.4, 0.5) is 0 Å². The van der Waals surface area contributed by atoms with Crippen LogP contribution in [-0.4, -0.2) is 87.9 Å². The molecule has 0 spiro atoms. The summed E-state index contributed by atoms with van der Waals surface area (Å²) in [6.07, 6.45) is 6.70. The van der Waals surface area contributed by atoms with Crippen LogP contribution in [0.3, 0.4) is 0 Å². The standard InChI is InChI=1S/C37H73N3O3.2C2H6/c1-26(2)32(41)35(13,38(15)29(7)8)22-18-20-24-37(34(43)28(5)6,40(17)31(11)12)25-21-19-23-36(14,33(42)27(3)4)39(16)30(9)10;2*1-2/h26-31H,18-25H2,1-17H3;2*1-2H3. The Balaban J connectivity index is -0.00000464. The van der Waals surface area contributed by atoms with Gasteiger partial charge in [-0.2, -0.15) is 0 Å². The number of carbonyl (C=O) groups excluding carboxylic acids is 3. The van der Waals surface area contributed by atoms with E-state index in [1.807, 2.05) is 69.2 Å². The first-order chi connectivity index (χ1) is 21.5. The summed E-state index contributed by atoms with van der Waals surface area (Å²) in [6, 6.07) is 0.760. The van der Waals surface area contributed by atoms with Gasteiger partial charge in [0, 0.05) is 35.9 Å². The second-order valence-electron chi connectivity index (χ2n) is 15.7. The summed E-state index contributed by atoms with van der Waals surface area (Å²) in [4.78, 5) is 47.7. The molecule has 0 saturated heterocycles. The van der Waals surface area contributed by atoms with E-state index in [2.05, 4.69) is 91.2 Å². The molecule has 6 nitrogen and oxygen atoms in total. The zero-order chi connectivity index (χ0) is 38.1. The average Bonchev–Trinajstić information content (AvgIpc) is 3.02. The molecule has 0 aromatic carbocycles. The van der Waals surface area contributed by atoms with Gasteiger partial charge in [-0.15, -0.1) is 0 Å². The summed E-state index contributed by atoms with van der Waals surface area (Å²) < 4.78 is 0. The number of rotatable bonds is 22. The SMILES string of the molecule is CC.CC.CC(C)C(=O)C(C)(CCCCC(CCCCC(C)(C(=O)C(C)C)N(C)C(C)C)(C(=O)C(C)C)N(C)C(C)C)N(C)C(C)C. The Bertz CT molecular complexity index is 827. The molecule has 0 aliphatic carbocycles. The Morgan fingerprint density at radius 3 is 0.872 bits per heavy atom. The van der Waals surface area contributed by atoms with Gasteiger partial charge in [-0.25, -0.2) is 0 Å². The first kappa shape index (κ1) is 50.3. The van der Waals surface area contributed by atoms with Crippen molar-refractivity contribution in [2.75, 3.05) is 21.1 Å². The number of nitrogens with zero attached hydrogens (tertiary/aromatic N) is 3. The molecule has 0 bridgehead atoms. The molecule has 282 valence electrons. The molecule has 0 heterocycles. The van der Waals surface area contributed by atoms with Gasteiger partial charge in [0.05, 0.1) is 16.6 Å². The highest BCUT2D eigenvalue weighted by Crippen LogP contribution is 2.36. The Kier molecular flexibility index (Phi) is 24.9. The number of carbonyl (C=O) groups is 3. The van der Waals surface area contributed by atoms with E-state index >= 15 is 0 Å². The lowest BCUT2D eigenvalue weighted by Gasteiger charge is -2.45. The van der Waals surface area contributed by atoms with Gasteiger partial charge < -0.3 is 0 Å². The van der Waals surface area contributed by atoms with Crippen LogP contribution in [0.2, 0.25) is 0 Å². The molecule has 0 radical (unpaired) electrons. The third-order valence-electron chi connectivity index (χ3n) is 10.7. The van der Waals surface area contributed by atoms with E-state index in [1.165, 1.54) is 0 Å². The first-order valence-electron chi connectivity index (χ1n) is 19.4. The van der Waals surface area contributed by atoms with Crippen molar-refractivity contribution >= 4 is 17.3 Å². The monoisotopic (exact) mass is 668 g/mol. The van der Waals surface area contributed by atoms with E-state index in [-0.39, 0.29) is 47.4 Å². The minimum atomic E-state index is -0.562. The molecule has 0 aromatic rings. The fraction of sp³-hybridized carbons (Fsp3) is 0.927. The molecule has 2 unspecified atom stereocenters. The zero-order valence-electron chi connectivity index (χ0n) is 35.7. The van der Waals surface area contributed by atoms with Gasteiger partial charge in [0.15, 0.2) is 17.3 Å². The van der Waals surface area contributed by atoms with E-state index in [0.717, 1.165) is 51.4 Å². The molecule has 47 heavy (non-hydrogen) atoms. The number of unbranched alkanes of at least 4 members (excludes halogenated alkanes) is 2. The third kappa shape index (κ3) is 14.0. The van der Waals surface area contributed by atoms with Gasteiger partial charge in [0.25, 0.3) is 0 Å². The van der Waals surface area contributed by atoms with E-state index < -0.39 is 16.6 Å². The van der Waals surface area contributed by atoms with Crippen molar-refractivity contribution in [1.29, 1.82) is 0 Å². The van der Waals surface area contributed by atoms with Crippen LogP contribution >= 0.6 is 0 Å².